The van der Waals surface area contributed by atoms with Crippen molar-refractivity contribution >= 4 is 28.8 Å². The van der Waals surface area contributed by atoms with Crippen LogP contribution in [0.5, 0.6) is 23.0 Å². The second-order valence-electron chi connectivity index (χ2n) is 11.2. The van der Waals surface area contributed by atoms with E-state index in [1.54, 1.807) is 21.1 Å². The lowest BCUT2D eigenvalue weighted by Crippen LogP contribution is -2.20. The molecular formula is C34H44FN5O5. The second kappa shape index (κ2) is 15.0. The first-order valence-electron chi connectivity index (χ1n) is 15.3. The highest BCUT2D eigenvalue weighted by Gasteiger charge is 2.21. The van der Waals surface area contributed by atoms with E-state index in [-0.39, 0.29) is 11.8 Å². The number of nitrogens with one attached hydrogen (secondary N) is 1. The van der Waals surface area contributed by atoms with Crippen molar-refractivity contribution in [2.45, 2.75) is 59.9 Å². The van der Waals surface area contributed by atoms with Gasteiger partial charge < -0.3 is 29.2 Å². The van der Waals surface area contributed by atoms with E-state index in [9.17, 15) is 9.18 Å². The lowest BCUT2D eigenvalue weighted by molar-refractivity contribution is -0.120. The zero-order valence-electron chi connectivity index (χ0n) is 27.4. The first-order valence-corrected chi connectivity index (χ1v) is 15.3. The minimum absolute atomic E-state index is 0.262. The second-order valence-corrected chi connectivity index (χ2v) is 11.2. The van der Waals surface area contributed by atoms with E-state index < -0.39 is 5.82 Å². The lowest BCUT2D eigenvalue weighted by atomic mass is 10.0. The van der Waals surface area contributed by atoms with E-state index in [1.165, 1.54) is 12.1 Å². The predicted octanol–water partition coefficient (Wildman–Crippen LogP) is 7.17. The lowest BCUT2D eigenvalue weighted by Gasteiger charge is -2.23. The number of benzene rings is 2. The zero-order chi connectivity index (χ0) is 32.7. The Morgan fingerprint density at radius 2 is 1.80 bits per heavy atom. The van der Waals surface area contributed by atoms with Gasteiger partial charge in [0.1, 0.15) is 36.4 Å². The summed E-state index contributed by atoms with van der Waals surface area (Å²) in [5, 5.41) is 7.95. The largest absolute Gasteiger partial charge is 0.493 e. The van der Waals surface area contributed by atoms with E-state index in [4.69, 9.17) is 23.9 Å². The fourth-order valence-corrected chi connectivity index (χ4v) is 4.84. The fraction of sp³-hybridized carbons (Fsp3) is 0.441. The van der Waals surface area contributed by atoms with Crippen LogP contribution < -0.4 is 29.2 Å². The SMILES string of the molecule is CCC(C)C(C)=O.CCC(C)c1cnn2c(N(C)Cc3ccc(OC)c(OC)c3)cc(Nc3cc(F)cc4c3OCCO4)nc12. The summed E-state index contributed by atoms with van der Waals surface area (Å²) in [5.41, 5.74) is 3.26. The van der Waals surface area contributed by atoms with Gasteiger partial charge in [-0.05, 0) is 43.4 Å². The Bertz CT molecular complexity index is 1620. The van der Waals surface area contributed by atoms with E-state index >= 15 is 0 Å². The molecule has 242 valence electrons. The maximum Gasteiger partial charge on any atom is 0.185 e. The van der Waals surface area contributed by atoms with Gasteiger partial charge in [0.2, 0.25) is 0 Å². The van der Waals surface area contributed by atoms with Crippen molar-refractivity contribution in [3.63, 3.8) is 0 Å². The van der Waals surface area contributed by atoms with Gasteiger partial charge in [0.25, 0.3) is 0 Å². The maximum atomic E-state index is 14.4. The third-order valence-electron chi connectivity index (χ3n) is 8.06. The molecular weight excluding hydrogens is 577 g/mol. The van der Waals surface area contributed by atoms with Crippen LogP contribution in [0.15, 0.2) is 42.6 Å². The van der Waals surface area contributed by atoms with E-state index in [1.807, 2.05) is 55.9 Å². The Balaban J connectivity index is 0.000000591. The molecule has 0 amide bonds. The van der Waals surface area contributed by atoms with Gasteiger partial charge in [0.05, 0.1) is 26.1 Å². The van der Waals surface area contributed by atoms with Gasteiger partial charge in [-0.15, -0.1) is 0 Å². The number of carbonyl (C=O) groups is 1. The number of halogens is 1. The molecule has 45 heavy (non-hydrogen) atoms. The Morgan fingerprint density at radius 3 is 2.44 bits per heavy atom. The van der Waals surface area contributed by atoms with Gasteiger partial charge in [0, 0.05) is 43.3 Å². The number of nitrogens with zero attached hydrogens (tertiary/aromatic N) is 4. The summed E-state index contributed by atoms with van der Waals surface area (Å²) in [7, 11) is 5.22. The van der Waals surface area contributed by atoms with Crippen molar-refractivity contribution in [1.29, 1.82) is 0 Å². The first-order chi connectivity index (χ1) is 21.6. The van der Waals surface area contributed by atoms with Crippen LogP contribution in [-0.4, -0.2) is 54.9 Å². The number of ketones is 1. The molecule has 2 unspecified atom stereocenters. The van der Waals surface area contributed by atoms with Gasteiger partial charge >= 0.3 is 0 Å². The summed E-state index contributed by atoms with van der Waals surface area (Å²) < 4.78 is 38.5. The molecule has 0 saturated carbocycles. The van der Waals surface area contributed by atoms with Crippen LogP contribution in [0.1, 0.15) is 64.5 Å². The molecule has 0 aliphatic carbocycles. The quantitative estimate of drug-likeness (QED) is 0.187. The molecule has 2 atom stereocenters. The first kappa shape index (κ1) is 33.4. The number of methoxy groups -OCH3 is 2. The zero-order valence-corrected chi connectivity index (χ0v) is 27.4. The van der Waals surface area contributed by atoms with Crippen LogP contribution in [-0.2, 0) is 11.3 Å². The van der Waals surface area contributed by atoms with Crippen molar-refractivity contribution in [3.8, 4) is 23.0 Å². The van der Waals surface area contributed by atoms with Crippen LogP contribution in [0.4, 0.5) is 21.7 Å². The molecule has 0 saturated heterocycles. The van der Waals surface area contributed by atoms with E-state index in [0.29, 0.717) is 60.0 Å². The molecule has 0 radical (unpaired) electrons. The van der Waals surface area contributed by atoms with Gasteiger partial charge in [-0.2, -0.15) is 9.61 Å². The number of hydrogen-bond donors (Lipinski definition) is 1. The third-order valence-corrected chi connectivity index (χ3v) is 8.06. The molecule has 2 aromatic carbocycles. The molecule has 2 aromatic heterocycles. The number of Topliss-reactive ketones (excluding diaryl/α,β-unsaturated/α-hetero) is 1. The van der Waals surface area contributed by atoms with Gasteiger partial charge in [-0.1, -0.05) is 33.8 Å². The summed E-state index contributed by atoms with van der Waals surface area (Å²) >= 11 is 0. The van der Waals surface area contributed by atoms with Gasteiger partial charge in [-0.3, -0.25) is 4.79 Å². The standard InChI is InChI=1S/C28H32FN5O4.C6H12O/c1-6-17(2)20-15-30-34-26(33(3)16-18-7-8-22(35-4)23(11-18)36-5)14-25(32-28(20)34)31-21-12-19(29)13-24-27(21)38-10-9-37-24;1-4-5(2)6(3)7/h7-8,11-15,17H,6,9-10,16H2,1-5H3,(H,31,32);5H,4H2,1-3H3. The molecule has 10 nitrogen and oxygen atoms in total. The minimum atomic E-state index is -0.423. The van der Waals surface area contributed by atoms with Crippen molar-refractivity contribution in [3.05, 3.63) is 59.5 Å². The third kappa shape index (κ3) is 7.76. The van der Waals surface area contributed by atoms with Crippen LogP contribution in [0.25, 0.3) is 5.65 Å². The Morgan fingerprint density at radius 1 is 1.07 bits per heavy atom. The van der Waals surface area contributed by atoms with Crippen LogP contribution >= 0.6 is 0 Å². The number of ether oxygens (including phenoxy) is 4. The molecule has 3 heterocycles. The summed E-state index contributed by atoms with van der Waals surface area (Å²) in [6, 6.07) is 10.5. The molecule has 0 spiro atoms. The highest BCUT2D eigenvalue weighted by molar-refractivity contribution is 5.77. The van der Waals surface area contributed by atoms with Crippen molar-refractivity contribution in [2.24, 2.45) is 5.92 Å². The molecule has 11 heteroatoms. The average Bonchev–Trinajstić information content (AvgIpc) is 3.47. The normalized spacial score (nSPS) is 13.4. The molecule has 1 aliphatic rings. The number of carbonyl (C=O) groups excluding carboxylic acids is 1. The minimum Gasteiger partial charge on any atom is -0.493 e. The van der Waals surface area contributed by atoms with Crippen molar-refractivity contribution in [2.75, 3.05) is 44.7 Å². The molecule has 0 bridgehead atoms. The molecule has 5 rings (SSSR count). The molecule has 0 fully saturated rings. The number of rotatable bonds is 11. The highest BCUT2D eigenvalue weighted by Crippen LogP contribution is 2.40. The maximum absolute atomic E-state index is 14.4. The Kier molecular flexibility index (Phi) is 11.1. The highest BCUT2D eigenvalue weighted by atomic mass is 19.1. The molecule has 1 N–H and O–H groups in total. The fourth-order valence-electron chi connectivity index (χ4n) is 4.84. The summed E-state index contributed by atoms with van der Waals surface area (Å²) in [5.74, 6) is 3.92. The van der Waals surface area contributed by atoms with Crippen LogP contribution in [0, 0.1) is 11.7 Å². The average molecular weight is 622 g/mol. The summed E-state index contributed by atoms with van der Waals surface area (Å²) in [6.07, 6.45) is 3.78. The van der Waals surface area contributed by atoms with Gasteiger partial charge in [-0.25, -0.2) is 9.37 Å². The molecule has 4 aromatic rings. The molecule has 1 aliphatic heterocycles. The van der Waals surface area contributed by atoms with E-state index in [2.05, 4.69) is 29.2 Å². The number of anilines is 3. The monoisotopic (exact) mass is 621 g/mol. The smallest absolute Gasteiger partial charge is 0.185 e. The van der Waals surface area contributed by atoms with Crippen LogP contribution in [0.3, 0.4) is 0 Å². The van der Waals surface area contributed by atoms with Crippen molar-refractivity contribution < 1.29 is 28.1 Å². The number of aromatic nitrogens is 3. The van der Waals surface area contributed by atoms with Crippen molar-refractivity contribution in [1.82, 2.24) is 14.6 Å². The Hall–Kier alpha value is -4.54. The topological polar surface area (TPSA) is 99.5 Å². The predicted molar refractivity (Wildman–Crippen MR) is 174 cm³/mol. The Labute approximate surface area is 264 Å². The number of fused-ring (bicyclic) bond motifs is 2. The van der Waals surface area contributed by atoms with Gasteiger partial charge in [0.15, 0.2) is 28.6 Å². The summed E-state index contributed by atoms with van der Waals surface area (Å²) in [6.45, 7) is 11.2. The van der Waals surface area contributed by atoms with Crippen LogP contribution in [0.2, 0.25) is 0 Å². The summed E-state index contributed by atoms with van der Waals surface area (Å²) in [4.78, 5) is 17.3. The number of hydrogen-bond acceptors (Lipinski definition) is 9. The van der Waals surface area contributed by atoms with E-state index in [0.717, 1.165) is 35.4 Å².